The lowest BCUT2D eigenvalue weighted by molar-refractivity contribution is -0.113. The zero-order valence-electron chi connectivity index (χ0n) is 22.1. The lowest BCUT2D eigenvalue weighted by atomic mass is 9.94. The molecule has 3 aromatic carbocycles. The summed E-state index contributed by atoms with van der Waals surface area (Å²) in [5.41, 5.74) is 4.57. The maximum atomic E-state index is 13.7. The second-order valence-corrected chi connectivity index (χ2v) is 9.17. The molecule has 1 aliphatic heterocycles. The monoisotopic (exact) mass is 523 g/mol. The molecule has 0 spiro atoms. The Hall–Kier alpha value is -5.05. The molecular weight excluding hydrogens is 494 g/mol. The summed E-state index contributed by atoms with van der Waals surface area (Å²) in [5.74, 6) is 0.944. The maximum absolute atomic E-state index is 13.7. The van der Waals surface area contributed by atoms with Crippen LogP contribution in [0.2, 0.25) is 0 Å². The Bertz CT molecular complexity index is 1560. The van der Waals surface area contributed by atoms with Crippen molar-refractivity contribution in [1.29, 1.82) is 0 Å². The highest BCUT2D eigenvalue weighted by Crippen LogP contribution is 2.40. The molecule has 0 saturated carbocycles. The van der Waals surface area contributed by atoms with Gasteiger partial charge in [-0.05, 0) is 55.8 Å². The largest absolute Gasteiger partial charge is 0.493 e. The van der Waals surface area contributed by atoms with Crippen molar-refractivity contribution < 1.29 is 19.1 Å². The van der Waals surface area contributed by atoms with E-state index in [4.69, 9.17) is 9.47 Å². The van der Waals surface area contributed by atoms with E-state index in [2.05, 4.69) is 21.0 Å². The summed E-state index contributed by atoms with van der Waals surface area (Å²) >= 11 is 0. The van der Waals surface area contributed by atoms with Crippen molar-refractivity contribution in [1.82, 2.24) is 9.78 Å². The first-order valence-corrected chi connectivity index (χ1v) is 12.4. The van der Waals surface area contributed by atoms with Gasteiger partial charge in [0, 0.05) is 17.1 Å². The van der Waals surface area contributed by atoms with Crippen molar-refractivity contribution in [3.63, 3.8) is 0 Å². The summed E-state index contributed by atoms with van der Waals surface area (Å²) in [5, 5.41) is 13.7. The standard InChI is InChI=1S/C30H29N5O4/c1-18-10-13-22(14-11-18)33-29(36)23-17-31-35-27(20-12-15-24(38-3)25(16-20)39-4)26(19(2)32-28(23)35)30(37)34-21-8-6-5-7-9-21/h5-17,27,32H,1-4H3,(H,33,36)(H,34,37)/t27-/m1/s1. The van der Waals surface area contributed by atoms with Crippen molar-refractivity contribution in [2.75, 3.05) is 30.2 Å². The number of benzene rings is 3. The molecule has 1 atom stereocenters. The number of allylic oxidation sites excluding steroid dienone is 1. The maximum Gasteiger partial charge on any atom is 0.261 e. The Morgan fingerprint density at radius 1 is 0.846 bits per heavy atom. The van der Waals surface area contributed by atoms with Crippen LogP contribution < -0.4 is 25.4 Å². The van der Waals surface area contributed by atoms with Gasteiger partial charge in [0.05, 0.1) is 26.0 Å². The van der Waals surface area contributed by atoms with Gasteiger partial charge in [-0.2, -0.15) is 5.10 Å². The minimum Gasteiger partial charge on any atom is -0.493 e. The van der Waals surface area contributed by atoms with Gasteiger partial charge in [0.1, 0.15) is 17.4 Å². The number of nitrogens with one attached hydrogen (secondary N) is 3. The number of para-hydroxylation sites is 1. The molecule has 3 N–H and O–H groups in total. The summed E-state index contributed by atoms with van der Waals surface area (Å²) in [7, 11) is 3.12. The van der Waals surface area contributed by atoms with E-state index in [1.54, 1.807) is 25.0 Å². The van der Waals surface area contributed by atoms with Crippen LogP contribution in [0.4, 0.5) is 17.2 Å². The van der Waals surface area contributed by atoms with Gasteiger partial charge in [0.25, 0.3) is 11.8 Å². The Kier molecular flexibility index (Phi) is 7.05. The van der Waals surface area contributed by atoms with E-state index in [0.29, 0.717) is 45.5 Å². The summed E-state index contributed by atoms with van der Waals surface area (Å²) in [6.45, 7) is 3.80. The van der Waals surface area contributed by atoms with Crippen LogP contribution in [0.15, 0.2) is 90.3 Å². The molecule has 0 fully saturated rings. The minimum absolute atomic E-state index is 0.294. The Labute approximate surface area is 226 Å². The number of rotatable bonds is 7. The van der Waals surface area contributed by atoms with Crippen LogP contribution in [0.1, 0.15) is 34.5 Å². The van der Waals surface area contributed by atoms with E-state index in [1.165, 1.54) is 6.20 Å². The van der Waals surface area contributed by atoms with E-state index < -0.39 is 6.04 Å². The van der Waals surface area contributed by atoms with Gasteiger partial charge in [-0.15, -0.1) is 0 Å². The highest BCUT2D eigenvalue weighted by molar-refractivity contribution is 6.09. The zero-order chi connectivity index (χ0) is 27.5. The van der Waals surface area contributed by atoms with Gasteiger partial charge in [-0.3, -0.25) is 9.59 Å². The lowest BCUT2D eigenvalue weighted by Crippen LogP contribution is -2.32. The number of hydrogen-bond acceptors (Lipinski definition) is 6. The first-order chi connectivity index (χ1) is 18.9. The molecular formula is C30H29N5O4. The van der Waals surface area contributed by atoms with Crippen LogP contribution in [-0.4, -0.2) is 35.8 Å². The van der Waals surface area contributed by atoms with Crippen LogP contribution in [0, 0.1) is 6.92 Å². The number of anilines is 3. The molecule has 1 aliphatic rings. The molecule has 0 saturated heterocycles. The second-order valence-electron chi connectivity index (χ2n) is 9.17. The molecule has 198 valence electrons. The minimum atomic E-state index is -0.648. The molecule has 2 heterocycles. The first-order valence-electron chi connectivity index (χ1n) is 12.4. The molecule has 4 aromatic rings. The van der Waals surface area contributed by atoms with Crippen LogP contribution in [0.5, 0.6) is 11.5 Å². The van der Waals surface area contributed by atoms with E-state index in [-0.39, 0.29) is 11.8 Å². The smallest absolute Gasteiger partial charge is 0.261 e. The third-order valence-corrected chi connectivity index (χ3v) is 6.58. The number of methoxy groups -OCH3 is 2. The summed E-state index contributed by atoms with van der Waals surface area (Å²) < 4.78 is 12.6. The van der Waals surface area contributed by atoms with Crippen LogP contribution in [0.25, 0.3) is 0 Å². The average Bonchev–Trinajstić information content (AvgIpc) is 3.37. The van der Waals surface area contributed by atoms with E-state index >= 15 is 0 Å². The normalized spacial score (nSPS) is 14.2. The number of ether oxygens (including phenoxy) is 2. The fraction of sp³-hybridized carbons (Fsp3) is 0.167. The predicted octanol–water partition coefficient (Wildman–Crippen LogP) is 5.39. The molecule has 9 nitrogen and oxygen atoms in total. The number of hydrogen-bond donors (Lipinski definition) is 3. The topological polar surface area (TPSA) is 107 Å². The summed E-state index contributed by atoms with van der Waals surface area (Å²) in [6.07, 6.45) is 1.50. The Morgan fingerprint density at radius 2 is 1.51 bits per heavy atom. The number of carbonyl (C=O) groups is 2. The van der Waals surface area contributed by atoms with E-state index in [0.717, 1.165) is 11.1 Å². The van der Waals surface area contributed by atoms with Gasteiger partial charge < -0.3 is 25.4 Å². The number of nitrogens with zero attached hydrogens (tertiary/aromatic N) is 2. The number of aryl methyl sites for hydroxylation is 1. The Balaban J connectivity index is 1.57. The molecule has 0 unspecified atom stereocenters. The number of carbonyl (C=O) groups excluding carboxylic acids is 2. The molecule has 5 rings (SSSR count). The van der Waals surface area contributed by atoms with Gasteiger partial charge in [-0.25, -0.2) is 4.68 Å². The first kappa shape index (κ1) is 25.6. The summed E-state index contributed by atoms with van der Waals surface area (Å²) in [6, 6.07) is 21.6. The molecule has 9 heteroatoms. The van der Waals surface area contributed by atoms with Crippen LogP contribution in [0.3, 0.4) is 0 Å². The molecule has 0 aliphatic carbocycles. The highest BCUT2D eigenvalue weighted by Gasteiger charge is 2.36. The average molecular weight is 524 g/mol. The number of amides is 2. The number of aromatic nitrogens is 2. The summed E-state index contributed by atoms with van der Waals surface area (Å²) in [4.78, 5) is 27.0. The van der Waals surface area contributed by atoms with Crippen molar-refractivity contribution in [2.45, 2.75) is 19.9 Å². The fourth-order valence-corrected chi connectivity index (χ4v) is 4.60. The molecule has 2 amide bonds. The van der Waals surface area contributed by atoms with Gasteiger partial charge in [-0.1, -0.05) is 42.0 Å². The van der Waals surface area contributed by atoms with E-state index in [1.807, 2.05) is 80.6 Å². The van der Waals surface area contributed by atoms with E-state index in [9.17, 15) is 9.59 Å². The third kappa shape index (κ3) is 5.06. The third-order valence-electron chi connectivity index (χ3n) is 6.58. The van der Waals surface area contributed by atoms with Crippen molar-refractivity contribution in [2.24, 2.45) is 0 Å². The molecule has 0 radical (unpaired) electrons. The van der Waals surface area contributed by atoms with Crippen molar-refractivity contribution >= 4 is 29.0 Å². The van der Waals surface area contributed by atoms with Gasteiger partial charge >= 0.3 is 0 Å². The second kappa shape index (κ2) is 10.7. The Morgan fingerprint density at radius 3 is 2.21 bits per heavy atom. The molecule has 1 aromatic heterocycles. The lowest BCUT2D eigenvalue weighted by Gasteiger charge is -2.30. The van der Waals surface area contributed by atoms with Gasteiger partial charge in [0.2, 0.25) is 0 Å². The predicted molar refractivity (Wildman–Crippen MR) is 150 cm³/mol. The van der Waals surface area contributed by atoms with Crippen molar-refractivity contribution in [3.05, 3.63) is 107 Å². The zero-order valence-corrected chi connectivity index (χ0v) is 22.1. The van der Waals surface area contributed by atoms with Crippen LogP contribution >= 0.6 is 0 Å². The molecule has 39 heavy (non-hydrogen) atoms. The quantitative estimate of drug-likeness (QED) is 0.300. The SMILES string of the molecule is COc1ccc([C@@H]2C(C(=O)Nc3ccccc3)=C(C)Nc3c(C(=O)Nc4ccc(C)cc4)cnn32)cc1OC. The van der Waals surface area contributed by atoms with Gasteiger partial charge in [0.15, 0.2) is 11.5 Å². The molecule has 0 bridgehead atoms. The fourth-order valence-electron chi connectivity index (χ4n) is 4.60. The van der Waals surface area contributed by atoms with Crippen LogP contribution in [-0.2, 0) is 4.79 Å². The van der Waals surface area contributed by atoms with Crippen molar-refractivity contribution in [3.8, 4) is 11.5 Å². The number of fused-ring (bicyclic) bond motifs is 1. The highest BCUT2D eigenvalue weighted by atomic mass is 16.5.